The number of hydrogen-bond acceptors (Lipinski definition) is 4. The van der Waals surface area contributed by atoms with Gasteiger partial charge in [-0.3, -0.25) is 9.48 Å². The molecular weight excluding hydrogens is 292 g/mol. The van der Waals surface area contributed by atoms with E-state index >= 15 is 0 Å². The van der Waals surface area contributed by atoms with E-state index in [0.29, 0.717) is 12.2 Å². The molecule has 7 nitrogen and oxygen atoms in total. The van der Waals surface area contributed by atoms with E-state index in [-0.39, 0.29) is 17.4 Å². The van der Waals surface area contributed by atoms with Gasteiger partial charge >= 0.3 is 0 Å². The second-order valence-electron chi connectivity index (χ2n) is 6.35. The van der Waals surface area contributed by atoms with E-state index in [2.05, 4.69) is 9.82 Å². The van der Waals surface area contributed by atoms with Crippen LogP contribution in [0.4, 0.5) is 0 Å². The summed E-state index contributed by atoms with van der Waals surface area (Å²) >= 11 is 0. The Morgan fingerprint density at radius 1 is 1.48 bits per heavy atom. The van der Waals surface area contributed by atoms with Crippen molar-refractivity contribution >= 4 is 15.9 Å². The summed E-state index contributed by atoms with van der Waals surface area (Å²) in [6, 6.07) is 1.74. The molecule has 1 aromatic heterocycles. The average Bonchev–Trinajstić information content (AvgIpc) is 2.92. The monoisotopic (exact) mass is 312 g/mol. The lowest BCUT2D eigenvalue weighted by atomic mass is 9.65. The van der Waals surface area contributed by atoms with Crippen LogP contribution in [0.15, 0.2) is 12.3 Å². The SMILES string of the molecule is Cn1ccc(C(=O)N2CCC3(CC(NS(C)(=O)=O)C3)C2)n1. The van der Waals surface area contributed by atoms with E-state index in [1.165, 1.54) is 6.26 Å². The summed E-state index contributed by atoms with van der Waals surface area (Å²) in [5.74, 6) is -0.0352. The van der Waals surface area contributed by atoms with Crippen molar-refractivity contribution in [3.63, 3.8) is 0 Å². The standard InChI is InChI=1S/C13H20N4O3S/c1-16-5-3-11(14-16)12(18)17-6-4-13(9-17)7-10(8-13)15-21(2,19)20/h3,5,10,15H,4,6-9H2,1-2H3. The fourth-order valence-electron chi connectivity index (χ4n) is 3.50. The second kappa shape index (κ2) is 4.81. The number of nitrogens with zero attached hydrogens (tertiary/aromatic N) is 3. The second-order valence-corrected chi connectivity index (χ2v) is 8.13. The molecule has 2 heterocycles. The molecular formula is C13H20N4O3S. The number of carbonyl (C=O) groups is 1. The summed E-state index contributed by atoms with van der Waals surface area (Å²) in [6.07, 6.45) is 5.50. The number of hydrogen-bond donors (Lipinski definition) is 1. The van der Waals surface area contributed by atoms with Gasteiger partial charge < -0.3 is 4.90 Å². The minimum absolute atomic E-state index is 0.0184. The largest absolute Gasteiger partial charge is 0.337 e. The zero-order chi connectivity index (χ0) is 15.3. The highest BCUT2D eigenvalue weighted by Gasteiger charge is 2.50. The molecule has 1 aromatic rings. The highest BCUT2D eigenvalue weighted by atomic mass is 32.2. The highest BCUT2D eigenvalue weighted by Crippen LogP contribution is 2.48. The van der Waals surface area contributed by atoms with Crippen molar-refractivity contribution in [2.45, 2.75) is 25.3 Å². The molecule has 0 unspecified atom stereocenters. The lowest BCUT2D eigenvalue weighted by molar-refractivity contribution is 0.0682. The van der Waals surface area contributed by atoms with E-state index in [1.54, 1.807) is 24.0 Å². The van der Waals surface area contributed by atoms with Crippen molar-refractivity contribution in [3.8, 4) is 0 Å². The average molecular weight is 312 g/mol. The first-order valence-electron chi connectivity index (χ1n) is 7.03. The molecule has 1 amide bonds. The van der Waals surface area contributed by atoms with Crippen LogP contribution in [-0.4, -0.2) is 54.4 Å². The Balaban J connectivity index is 1.58. The summed E-state index contributed by atoms with van der Waals surface area (Å²) in [5, 5.41) is 4.14. The number of rotatable bonds is 3. The van der Waals surface area contributed by atoms with Crippen LogP contribution >= 0.6 is 0 Å². The van der Waals surface area contributed by atoms with E-state index in [0.717, 1.165) is 25.8 Å². The Labute approximate surface area is 124 Å². The van der Waals surface area contributed by atoms with Crippen LogP contribution in [0, 0.1) is 5.41 Å². The molecule has 8 heteroatoms. The summed E-state index contributed by atoms with van der Waals surface area (Å²) in [5.41, 5.74) is 0.562. The fourth-order valence-corrected chi connectivity index (χ4v) is 4.28. The molecule has 2 fully saturated rings. The number of carbonyl (C=O) groups excluding carboxylic acids is 1. The van der Waals surface area contributed by atoms with Crippen molar-refractivity contribution in [3.05, 3.63) is 18.0 Å². The molecule has 1 saturated carbocycles. The number of nitrogens with one attached hydrogen (secondary N) is 1. The van der Waals surface area contributed by atoms with Crippen LogP contribution in [0.1, 0.15) is 29.8 Å². The molecule has 1 aliphatic heterocycles. The van der Waals surface area contributed by atoms with Gasteiger partial charge in [0.15, 0.2) is 0 Å². The number of sulfonamides is 1. The Morgan fingerprint density at radius 2 is 2.19 bits per heavy atom. The normalized spacial score (nSPS) is 28.9. The van der Waals surface area contributed by atoms with Gasteiger partial charge in [0.05, 0.1) is 6.26 Å². The first kappa shape index (κ1) is 14.5. The van der Waals surface area contributed by atoms with Crippen LogP contribution < -0.4 is 4.72 Å². The van der Waals surface area contributed by atoms with Crippen LogP contribution in [-0.2, 0) is 17.1 Å². The maximum atomic E-state index is 12.3. The maximum absolute atomic E-state index is 12.3. The molecule has 0 bridgehead atoms. The van der Waals surface area contributed by atoms with Gasteiger partial charge in [0.2, 0.25) is 10.0 Å². The Bertz CT molecular complexity index is 661. The molecule has 2 aliphatic rings. The smallest absolute Gasteiger partial charge is 0.274 e. The van der Waals surface area contributed by atoms with Crippen LogP contribution in [0.2, 0.25) is 0 Å². The van der Waals surface area contributed by atoms with E-state index in [4.69, 9.17) is 0 Å². The molecule has 116 valence electrons. The summed E-state index contributed by atoms with van der Waals surface area (Å²) in [6.45, 7) is 1.42. The van der Waals surface area contributed by atoms with E-state index in [1.807, 2.05) is 4.90 Å². The molecule has 0 atom stereocenters. The van der Waals surface area contributed by atoms with Crippen LogP contribution in [0.5, 0.6) is 0 Å². The Hall–Kier alpha value is -1.41. The minimum atomic E-state index is -3.14. The minimum Gasteiger partial charge on any atom is -0.337 e. The molecule has 1 N–H and O–H groups in total. The zero-order valence-electron chi connectivity index (χ0n) is 12.2. The third-order valence-electron chi connectivity index (χ3n) is 4.40. The van der Waals surface area contributed by atoms with E-state index in [9.17, 15) is 13.2 Å². The van der Waals surface area contributed by atoms with Crippen molar-refractivity contribution in [1.82, 2.24) is 19.4 Å². The molecule has 3 rings (SSSR count). The van der Waals surface area contributed by atoms with Gasteiger partial charge in [0.1, 0.15) is 5.69 Å². The van der Waals surface area contributed by atoms with Crippen molar-refractivity contribution in [2.24, 2.45) is 12.5 Å². The number of aryl methyl sites for hydroxylation is 1. The van der Waals surface area contributed by atoms with Crippen molar-refractivity contribution in [1.29, 1.82) is 0 Å². The third kappa shape index (κ3) is 2.96. The molecule has 0 aromatic carbocycles. The third-order valence-corrected chi connectivity index (χ3v) is 5.16. The molecule has 1 aliphatic carbocycles. The highest BCUT2D eigenvalue weighted by molar-refractivity contribution is 7.88. The summed E-state index contributed by atoms with van der Waals surface area (Å²) in [7, 11) is -1.36. The first-order valence-corrected chi connectivity index (χ1v) is 8.92. The maximum Gasteiger partial charge on any atom is 0.274 e. The van der Waals surface area contributed by atoms with Gasteiger partial charge in [-0.2, -0.15) is 5.10 Å². The Kier molecular flexibility index (Phi) is 3.32. The quantitative estimate of drug-likeness (QED) is 0.849. The summed E-state index contributed by atoms with van der Waals surface area (Å²) in [4.78, 5) is 14.2. The first-order chi connectivity index (χ1) is 9.76. The van der Waals surface area contributed by atoms with Crippen molar-refractivity contribution in [2.75, 3.05) is 19.3 Å². The van der Waals surface area contributed by atoms with Gasteiger partial charge in [-0.25, -0.2) is 13.1 Å². The fraction of sp³-hybridized carbons (Fsp3) is 0.692. The molecule has 0 radical (unpaired) electrons. The molecule has 1 saturated heterocycles. The van der Waals surface area contributed by atoms with Gasteiger partial charge in [-0.1, -0.05) is 0 Å². The number of aromatic nitrogens is 2. The summed E-state index contributed by atoms with van der Waals surface area (Å²) < 4.78 is 26.7. The predicted molar refractivity (Wildman–Crippen MR) is 77.2 cm³/mol. The number of likely N-dealkylation sites (tertiary alicyclic amines) is 1. The van der Waals surface area contributed by atoms with Crippen LogP contribution in [0.3, 0.4) is 0 Å². The van der Waals surface area contributed by atoms with Gasteiger partial charge in [-0.05, 0) is 30.7 Å². The topological polar surface area (TPSA) is 84.3 Å². The van der Waals surface area contributed by atoms with Gasteiger partial charge in [0, 0.05) is 32.4 Å². The van der Waals surface area contributed by atoms with Crippen LogP contribution in [0.25, 0.3) is 0 Å². The zero-order valence-corrected chi connectivity index (χ0v) is 13.1. The lowest BCUT2D eigenvalue weighted by Crippen LogP contribution is -2.51. The van der Waals surface area contributed by atoms with Gasteiger partial charge in [-0.15, -0.1) is 0 Å². The number of amides is 1. The predicted octanol–water partition coefficient (Wildman–Crippen LogP) is -0.0360. The van der Waals surface area contributed by atoms with Gasteiger partial charge in [0.25, 0.3) is 5.91 Å². The lowest BCUT2D eigenvalue weighted by Gasteiger charge is -2.45. The Morgan fingerprint density at radius 3 is 2.76 bits per heavy atom. The molecule has 1 spiro atoms. The van der Waals surface area contributed by atoms with E-state index < -0.39 is 10.0 Å². The van der Waals surface area contributed by atoms with Crippen molar-refractivity contribution < 1.29 is 13.2 Å². The molecule has 21 heavy (non-hydrogen) atoms.